The molecule has 1 N–H and O–H groups in total. The maximum Gasteiger partial charge on any atom is 0.407 e. The number of nitrogens with zero attached hydrogens (tertiary/aromatic N) is 2. The van der Waals surface area contributed by atoms with Crippen molar-refractivity contribution in [1.29, 1.82) is 0 Å². The molecule has 1 aliphatic heterocycles. The molecule has 21 heavy (non-hydrogen) atoms. The van der Waals surface area contributed by atoms with Gasteiger partial charge < -0.3 is 14.7 Å². The van der Waals surface area contributed by atoms with Gasteiger partial charge in [0.15, 0.2) is 6.17 Å². The van der Waals surface area contributed by atoms with Crippen molar-refractivity contribution in [1.82, 2.24) is 9.88 Å². The number of alkyl halides is 1. The van der Waals surface area contributed by atoms with E-state index in [0.29, 0.717) is 17.7 Å². The van der Waals surface area contributed by atoms with Crippen LogP contribution in [0.2, 0.25) is 0 Å². The Kier molecular flexibility index (Phi) is 3.60. The van der Waals surface area contributed by atoms with E-state index in [4.69, 9.17) is 9.84 Å². The normalized spacial score (nSPS) is 22.2. The fourth-order valence-electron chi connectivity index (χ4n) is 2.52. The highest BCUT2D eigenvalue weighted by atomic mass is 19.1. The van der Waals surface area contributed by atoms with E-state index in [9.17, 15) is 9.18 Å². The number of aromatic nitrogens is 1. The summed E-state index contributed by atoms with van der Waals surface area (Å²) in [6.45, 7) is 0.122. The van der Waals surface area contributed by atoms with Gasteiger partial charge in [-0.2, -0.15) is 0 Å². The minimum Gasteiger partial charge on any atom is -0.485 e. The number of carboxylic acid groups (broad SMARTS) is 1. The zero-order chi connectivity index (χ0) is 14.8. The second-order valence-corrected chi connectivity index (χ2v) is 5.02. The number of likely N-dealkylation sites (tertiary alicyclic amines) is 1. The zero-order valence-corrected chi connectivity index (χ0v) is 11.3. The lowest BCUT2D eigenvalue weighted by atomic mass is 10.1. The molecule has 1 aromatic carbocycles. The summed E-state index contributed by atoms with van der Waals surface area (Å²) in [6.07, 6.45) is -1.09. The minimum atomic E-state index is -1.34. The van der Waals surface area contributed by atoms with Gasteiger partial charge in [-0.3, -0.25) is 4.98 Å². The second kappa shape index (κ2) is 5.55. The van der Waals surface area contributed by atoms with Crippen molar-refractivity contribution in [3.8, 4) is 5.75 Å². The maximum absolute atomic E-state index is 14.1. The number of pyridine rings is 1. The lowest BCUT2D eigenvalue weighted by molar-refractivity contribution is 0.0256. The molecule has 0 radical (unpaired) electrons. The van der Waals surface area contributed by atoms with Crippen molar-refractivity contribution in [3.63, 3.8) is 0 Å². The summed E-state index contributed by atoms with van der Waals surface area (Å²) in [6, 6.07) is 9.24. The molecule has 1 aromatic heterocycles. The molecule has 2 atom stereocenters. The summed E-state index contributed by atoms with van der Waals surface area (Å²) in [5, 5.41) is 9.81. The van der Waals surface area contributed by atoms with Crippen molar-refractivity contribution >= 4 is 17.0 Å². The van der Waals surface area contributed by atoms with Crippen LogP contribution in [0.5, 0.6) is 5.75 Å². The summed E-state index contributed by atoms with van der Waals surface area (Å²) in [5.74, 6) is 0.532. The van der Waals surface area contributed by atoms with E-state index < -0.39 is 18.4 Å². The molecule has 0 aliphatic carbocycles. The van der Waals surface area contributed by atoms with Crippen molar-refractivity contribution < 1.29 is 19.0 Å². The van der Waals surface area contributed by atoms with Gasteiger partial charge in [0.2, 0.25) is 0 Å². The Labute approximate surface area is 121 Å². The number of benzene rings is 1. The lowest BCUT2D eigenvalue weighted by Gasteiger charge is -2.33. The Morgan fingerprint density at radius 1 is 1.38 bits per heavy atom. The first-order valence-electron chi connectivity index (χ1n) is 6.77. The molecule has 6 heteroatoms. The highest BCUT2D eigenvalue weighted by Crippen LogP contribution is 2.27. The van der Waals surface area contributed by atoms with Crippen molar-refractivity contribution in [2.24, 2.45) is 0 Å². The van der Waals surface area contributed by atoms with Crippen LogP contribution in [0.25, 0.3) is 10.9 Å². The summed E-state index contributed by atoms with van der Waals surface area (Å²) in [4.78, 5) is 16.2. The summed E-state index contributed by atoms with van der Waals surface area (Å²) < 4.78 is 19.8. The van der Waals surface area contributed by atoms with Crippen LogP contribution >= 0.6 is 0 Å². The van der Waals surface area contributed by atoms with Gasteiger partial charge >= 0.3 is 6.09 Å². The SMILES string of the molecule is O=C(O)N1CCC(Oc2cccc3cccnc23)C(F)C1. The molecule has 110 valence electrons. The smallest absolute Gasteiger partial charge is 0.407 e. The zero-order valence-electron chi connectivity index (χ0n) is 11.3. The van der Waals surface area contributed by atoms with Gasteiger partial charge in [0, 0.05) is 24.5 Å². The Morgan fingerprint density at radius 3 is 2.95 bits per heavy atom. The Hall–Kier alpha value is -2.37. The van der Waals surface area contributed by atoms with Gasteiger partial charge in [-0.1, -0.05) is 18.2 Å². The fourth-order valence-corrected chi connectivity index (χ4v) is 2.52. The van der Waals surface area contributed by atoms with Crippen LogP contribution in [0.4, 0.5) is 9.18 Å². The van der Waals surface area contributed by atoms with Gasteiger partial charge in [0.05, 0.1) is 6.54 Å². The first-order chi connectivity index (χ1) is 10.1. The molecule has 1 amide bonds. The third-order valence-corrected chi connectivity index (χ3v) is 3.63. The molecule has 2 unspecified atom stereocenters. The maximum atomic E-state index is 14.1. The molecule has 0 saturated carbocycles. The molecule has 1 fully saturated rings. The largest absolute Gasteiger partial charge is 0.485 e. The van der Waals surface area contributed by atoms with Crippen molar-refractivity contribution in [2.45, 2.75) is 18.7 Å². The average Bonchev–Trinajstić information content (AvgIpc) is 2.49. The highest BCUT2D eigenvalue weighted by Gasteiger charge is 2.33. The van der Waals surface area contributed by atoms with Crippen LogP contribution < -0.4 is 4.74 Å². The monoisotopic (exact) mass is 290 g/mol. The Balaban J connectivity index is 1.78. The molecular formula is C15H15FN2O3. The van der Waals surface area contributed by atoms with E-state index in [0.717, 1.165) is 10.3 Å². The molecular weight excluding hydrogens is 275 g/mol. The number of para-hydroxylation sites is 1. The van der Waals surface area contributed by atoms with Crippen LogP contribution in [0.3, 0.4) is 0 Å². The van der Waals surface area contributed by atoms with Crippen LogP contribution in [0.15, 0.2) is 36.5 Å². The van der Waals surface area contributed by atoms with Gasteiger partial charge in [-0.15, -0.1) is 0 Å². The molecule has 0 spiro atoms. The second-order valence-electron chi connectivity index (χ2n) is 5.02. The standard InChI is InChI=1S/C15H15FN2O3/c16-11-9-18(15(19)20)8-6-12(11)21-13-5-1-3-10-4-2-7-17-14(10)13/h1-5,7,11-12H,6,8-9H2,(H,19,20). The first-order valence-corrected chi connectivity index (χ1v) is 6.77. The van der Waals surface area contributed by atoms with E-state index in [-0.39, 0.29) is 13.1 Å². The van der Waals surface area contributed by atoms with Gasteiger partial charge in [0.25, 0.3) is 0 Å². The van der Waals surface area contributed by atoms with Gasteiger partial charge in [-0.05, 0) is 12.1 Å². The predicted molar refractivity (Wildman–Crippen MR) is 75.3 cm³/mol. The number of rotatable bonds is 2. The number of hydrogen-bond donors (Lipinski definition) is 1. The van der Waals surface area contributed by atoms with Crippen molar-refractivity contribution in [2.75, 3.05) is 13.1 Å². The number of halogens is 1. The molecule has 1 saturated heterocycles. The number of hydrogen-bond acceptors (Lipinski definition) is 3. The minimum absolute atomic E-state index is 0.155. The molecule has 2 heterocycles. The van der Waals surface area contributed by atoms with Crippen LogP contribution in [0, 0.1) is 0 Å². The quantitative estimate of drug-likeness (QED) is 0.923. The topological polar surface area (TPSA) is 62.7 Å². The number of carbonyl (C=O) groups is 1. The average molecular weight is 290 g/mol. The van der Waals surface area contributed by atoms with E-state index in [2.05, 4.69) is 4.98 Å². The highest BCUT2D eigenvalue weighted by molar-refractivity contribution is 5.84. The molecule has 5 nitrogen and oxygen atoms in total. The number of amides is 1. The van der Waals surface area contributed by atoms with Crippen LogP contribution in [-0.2, 0) is 0 Å². The summed E-state index contributed by atoms with van der Waals surface area (Å²) in [5.41, 5.74) is 0.688. The van der Waals surface area contributed by atoms with E-state index in [1.54, 1.807) is 12.3 Å². The van der Waals surface area contributed by atoms with Crippen molar-refractivity contribution in [3.05, 3.63) is 36.5 Å². The summed E-state index contributed by atoms with van der Waals surface area (Å²) >= 11 is 0. The van der Waals surface area contributed by atoms with Gasteiger partial charge in [0.1, 0.15) is 17.4 Å². The lowest BCUT2D eigenvalue weighted by Crippen LogP contribution is -2.48. The van der Waals surface area contributed by atoms with Crippen LogP contribution in [-0.4, -0.2) is 46.4 Å². The van der Waals surface area contributed by atoms with E-state index >= 15 is 0 Å². The van der Waals surface area contributed by atoms with Gasteiger partial charge in [-0.25, -0.2) is 9.18 Å². The first kappa shape index (κ1) is 13.6. The Morgan fingerprint density at radius 2 is 2.19 bits per heavy atom. The predicted octanol–water partition coefficient (Wildman–Crippen LogP) is 2.70. The Bertz CT molecular complexity index is 659. The molecule has 3 rings (SSSR count). The number of ether oxygens (including phenoxy) is 1. The molecule has 2 aromatic rings. The molecule has 1 aliphatic rings. The third kappa shape index (κ3) is 2.74. The third-order valence-electron chi connectivity index (χ3n) is 3.63. The van der Waals surface area contributed by atoms with E-state index in [1.807, 2.05) is 24.3 Å². The number of piperidine rings is 1. The van der Waals surface area contributed by atoms with E-state index in [1.165, 1.54) is 0 Å². The molecule has 0 bridgehead atoms. The summed E-state index contributed by atoms with van der Waals surface area (Å²) in [7, 11) is 0. The number of fused-ring (bicyclic) bond motifs is 1. The van der Waals surface area contributed by atoms with Crippen LogP contribution in [0.1, 0.15) is 6.42 Å². The fraction of sp³-hybridized carbons (Fsp3) is 0.333.